The van der Waals surface area contributed by atoms with Crippen LogP contribution in [0.5, 0.6) is 5.75 Å². The van der Waals surface area contributed by atoms with Gasteiger partial charge in [0, 0.05) is 7.11 Å². The van der Waals surface area contributed by atoms with Crippen molar-refractivity contribution >= 4 is 7.85 Å². The summed E-state index contributed by atoms with van der Waals surface area (Å²) in [5.41, 5.74) is 5.56. The first-order valence-corrected chi connectivity index (χ1v) is 8.40. The average Bonchev–Trinajstić information content (AvgIpc) is 2.91. The van der Waals surface area contributed by atoms with Crippen LogP contribution < -0.4 is 4.74 Å². The fourth-order valence-corrected chi connectivity index (χ4v) is 3.97. The predicted octanol–water partition coefficient (Wildman–Crippen LogP) is 4.41. The maximum absolute atomic E-state index is 6.70. The Hall–Kier alpha value is -1.48. The molecule has 0 heterocycles. The second-order valence-corrected chi connectivity index (χ2v) is 6.82. The van der Waals surface area contributed by atoms with Gasteiger partial charge < -0.3 is 9.47 Å². The van der Waals surface area contributed by atoms with Crippen molar-refractivity contribution in [2.24, 2.45) is 0 Å². The quantitative estimate of drug-likeness (QED) is 0.750. The van der Waals surface area contributed by atoms with Gasteiger partial charge in [-0.1, -0.05) is 29.4 Å². The fraction of sp³-hybridized carbons (Fsp3) is 0.500. The molecule has 2 atom stereocenters. The minimum Gasteiger partial charge on any atom is -0.497 e. The second kappa shape index (κ2) is 6.56. The van der Waals surface area contributed by atoms with E-state index in [1.54, 1.807) is 14.2 Å². The molecule has 2 aliphatic carbocycles. The molecule has 2 aliphatic rings. The van der Waals surface area contributed by atoms with Crippen molar-refractivity contribution in [3.63, 3.8) is 0 Å². The van der Waals surface area contributed by atoms with Crippen molar-refractivity contribution in [3.05, 3.63) is 52.6 Å². The molecule has 1 aromatic carbocycles. The number of rotatable bonds is 5. The van der Waals surface area contributed by atoms with Crippen molar-refractivity contribution in [1.29, 1.82) is 0 Å². The van der Waals surface area contributed by atoms with Crippen LogP contribution in [0.4, 0.5) is 0 Å². The minimum atomic E-state index is -0.191. The lowest BCUT2D eigenvalue weighted by Gasteiger charge is -2.32. The molecule has 1 unspecified atom stereocenters. The van der Waals surface area contributed by atoms with Crippen LogP contribution in [0.3, 0.4) is 0 Å². The molecule has 1 saturated carbocycles. The molecule has 0 amide bonds. The van der Waals surface area contributed by atoms with Gasteiger partial charge in [-0.05, 0) is 67.6 Å². The summed E-state index contributed by atoms with van der Waals surface area (Å²) >= 11 is 0. The molecule has 0 spiro atoms. The highest BCUT2D eigenvalue weighted by Gasteiger charge is 2.41. The standard InChI is InChI=1S/C20H25BO2/c1-14-9-10-20(21)13-17(23-3)12-19(20)18(14)8-7-15-5-4-6-16(11-15)22-2/h4-6,9,11,17H,7-8,10,12-13H2,1-3H3/t17?,20-/m1/s1. The molecule has 0 bridgehead atoms. The van der Waals surface area contributed by atoms with Crippen LogP contribution >= 0.6 is 0 Å². The zero-order chi connectivity index (χ0) is 16.4. The van der Waals surface area contributed by atoms with Crippen LogP contribution in [0, 0.1) is 0 Å². The van der Waals surface area contributed by atoms with Gasteiger partial charge in [-0.15, -0.1) is 0 Å². The monoisotopic (exact) mass is 308 g/mol. The van der Waals surface area contributed by atoms with Crippen molar-refractivity contribution in [3.8, 4) is 5.75 Å². The summed E-state index contributed by atoms with van der Waals surface area (Å²) in [6.45, 7) is 2.22. The Bertz CT molecular complexity index is 647. The average molecular weight is 308 g/mol. The van der Waals surface area contributed by atoms with Gasteiger partial charge in [-0.25, -0.2) is 0 Å². The number of aryl methyl sites for hydroxylation is 1. The number of fused-ring (bicyclic) bond motifs is 1. The molecular formula is C20H25BO2. The van der Waals surface area contributed by atoms with Gasteiger partial charge >= 0.3 is 0 Å². The van der Waals surface area contributed by atoms with Crippen LogP contribution in [0.25, 0.3) is 0 Å². The Morgan fingerprint density at radius 1 is 1.26 bits per heavy atom. The molecule has 2 radical (unpaired) electrons. The third-order valence-electron chi connectivity index (χ3n) is 5.37. The lowest BCUT2D eigenvalue weighted by molar-refractivity contribution is 0.107. The maximum Gasteiger partial charge on any atom is 0.119 e. The summed E-state index contributed by atoms with van der Waals surface area (Å²) in [5, 5.41) is -0.191. The van der Waals surface area contributed by atoms with E-state index in [1.165, 1.54) is 22.3 Å². The zero-order valence-electron chi connectivity index (χ0n) is 14.4. The molecular weight excluding hydrogens is 283 g/mol. The number of hydrogen-bond acceptors (Lipinski definition) is 2. The highest BCUT2D eigenvalue weighted by Crippen LogP contribution is 2.55. The molecule has 0 aliphatic heterocycles. The topological polar surface area (TPSA) is 18.5 Å². The van der Waals surface area contributed by atoms with Gasteiger partial charge in [0.2, 0.25) is 0 Å². The van der Waals surface area contributed by atoms with E-state index in [0.29, 0.717) is 0 Å². The summed E-state index contributed by atoms with van der Waals surface area (Å²) in [5.74, 6) is 0.921. The van der Waals surface area contributed by atoms with Gasteiger partial charge in [0.1, 0.15) is 5.75 Å². The van der Waals surface area contributed by atoms with Gasteiger partial charge in [0.15, 0.2) is 0 Å². The predicted molar refractivity (Wildman–Crippen MR) is 95.2 cm³/mol. The molecule has 23 heavy (non-hydrogen) atoms. The Morgan fingerprint density at radius 2 is 2.09 bits per heavy atom. The highest BCUT2D eigenvalue weighted by atomic mass is 16.5. The molecule has 3 heteroatoms. The summed E-state index contributed by atoms with van der Waals surface area (Å²) in [4.78, 5) is 0. The third kappa shape index (κ3) is 3.25. The van der Waals surface area contributed by atoms with Crippen molar-refractivity contribution in [1.82, 2.24) is 0 Å². The Morgan fingerprint density at radius 3 is 2.83 bits per heavy atom. The molecule has 0 saturated heterocycles. The van der Waals surface area contributed by atoms with E-state index in [2.05, 4.69) is 31.2 Å². The summed E-state index contributed by atoms with van der Waals surface area (Å²) in [6, 6.07) is 8.33. The van der Waals surface area contributed by atoms with E-state index < -0.39 is 0 Å². The summed E-state index contributed by atoms with van der Waals surface area (Å²) < 4.78 is 10.9. The molecule has 2 nitrogen and oxygen atoms in total. The Labute approximate surface area is 141 Å². The molecule has 0 N–H and O–H groups in total. The molecule has 1 aromatic rings. The lowest BCUT2D eigenvalue weighted by Crippen LogP contribution is -2.16. The van der Waals surface area contributed by atoms with Gasteiger partial charge in [0.05, 0.1) is 21.1 Å². The fourth-order valence-electron chi connectivity index (χ4n) is 3.97. The zero-order valence-corrected chi connectivity index (χ0v) is 14.4. The molecule has 120 valence electrons. The first-order chi connectivity index (χ1) is 11.1. The molecule has 0 aromatic heterocycles. The number of benzene rings is 1. The van der Waals surface area contributed by atoms with E-state index >= 15 is 0 Å². The van der Waals surface area contributed by atoms with E-state index in [9.17, 15) is 0 Å². The lowest BCUT2D eigenvalue weighted by atomic mass is 9.59. The number of ether oxygens (including phenoxy) is 2. The highest BCUT2D eigenvalue weighted by molar-refractivity contribution is 6.18. The van der Waals surface area contributed by atoms with E-state index in [1.807, 2.05) is 6.07 Å². The Balaban J connectivity index is 1.81. The van der Waals surface area contributed by atoms with Gasteiger partial charge in [-0.3, -0.25) is 0 Å². The maximum atomic E-state index is 6.70. The number of allylic oxidation sites excluding steroid dienone is 3. The molecule has 3 rings (SSSR count). The summed E-state index contributed by atoms with van der Waals surface area (Å²) in [7, 11) is 10.2. The van der Waals surface area contributed by atoms with E-state index in [0.717, 1.165) is 37.9 Å². The van der Waals surface area contributed by atoms with Crippen molar-refractivity contribution in [2.45, 2.75) is 50.4 Å². The van der Waals surface area contributed by atoms with Crippen LogP contribution in [-0.4, -0.2) is 28.2 Å². The smallest absolute Gasteiger partial charge is 0.119 e. The van der Waals surface area contributed by atoms with Crippen LogP contribution in [0.1, 0.15) is 38.2 Å². The molecule has 1 fully saturated rings. The van der Waals surface area contributed by atoms with Crippen LogP contribution in [0.2, 0.25) is 5.31 Å². The Kier molecular flexibility index (Phi) is 4.68. The van der Waals surface area contributed by atoms with Crippen molar-refractivity contribution < 1.29 is 9.47 Å². The van der Waals surface area contributed by atoms with Crippen LogP contribution in [-0.2, 0) is 11.2 Å². The SMILES string of the molecule is [B][C@@]12CC=C(C)C(CCc3cccc(OC)c3)=C1CC(OC)C2. The van der Waals surface area contributed by atoms with Crippen molar-refractivity contribution in [2.75, 3.05) is 14.2 Å². The van der Waals surface area contributed by atoms with E-state index in [4.69, 9.17) is 17.3 Å². The second-order valence-electron chi connectivity index (χ2n) is 6.82. The minimum absolute atomic E-state index is 0.191. The van der Waals surface area contributed by atoms with E-state index in [-0.39, 0.29) is 11.4 Å². The van der Waals surface area contributed by atoms with Gasteiger partial charge in [-0.2, -0.15) is 0 Å². The first kappa shape index (κ1) is 16.4. The number of methoxy groups -OCH3 is 2. The van der Waals surface area contributed by atoms with Gasteiger partial charge in [0.25, 0.3) is 0 Å². The van der Waals surface area contributed by atoms with Crippen LogP contribution in [0.15, 0.2) is 47.1 Å². The normalized spacial score (nSPS) is 26.9. The largest absolute Gasteiger partial charge is 0.497 e. The summed E-state index contributed by atoms with van der Waals surface area (Å²) in [6.07, 6.45) is 7.46. The third-order valence-corrected chi connectivity index (χ3v) is 5.37. The number of hydrogen-bond donors (Lipinski definition) is 0. The first-order valence-electron chi connectivity index (χ1n) is 8.40.